The van der Waals surface area contributed by atoms with Crippen molar-refractivity contribution in [2.24, 2.45) is 0 Å². The van der Waals surface area contributed by atoms with Crippen LogP contribution in [0.1, 0.15) is 40.4 Å². The van der Waals surface area contributed by atoms with E-state index in [1.807, 2.05) is 42.5 Å². The molecule has 3 aromatic carbocycles. The summed E-state index contributed by atoms with van der Waals surface area (Å²) < 4.78 is 22.6. The molecule has 0 bridgehead atoms. The van der Waals surface area contributed by atoms with Crippen molar-refractivity contribution in [3.63, 3.8) is 0 Å². The zero-order chi connectivity index (χ0) is 18.5. The molecule has 0 saturated heterocycles. The van der Waals surface area contributed by atoms with E-state index < -0.39 is 0 Å². The summed E-state index contributed by atoms with van der Waals surface area (Å²) in [5.74, 6) is 3.13. The zero-order valence-corrected chi connectivity index (χ0v) is 15.0. The number of fused-ring (bicyclic) bond motifs is 4. The lowest BCUT2D eigenvalue weighted by Crippen LogP contribution is -2.07. The maximum Gasteiger partial charge on any atom is 0.231 e. The SMILES string of the molecule is COc1ccc2c3c(cc(C=O)c2c1)[C@H](C)[C@@H](c1ccc2c(c1)OCO2)O3. The lowest BCUT2D eigenvalue weighted by Gasteiger charge is -2.16. The second kappa shape index (κ2) is 5.91. The Morgan fingerprint density at radius 1 is 1.04 bits per heavy atom. The van der Waals surface area contributed by atoms with Gasteiger partial charge in [0, 0.05) is 22.4 Å². The smallest absolute Gasteiger partial charge is 0.231 e. The summed E-state index contributed by atoms with van der Waals surface area (Å²) >= 11 is 0. The number of carbonyl (C=O) groups is 1. The van der Waals surface area contributed by atoms with Crippen molar-refractivity contribution in [1.29, 1.82) is 0 Å². The van der Waals surface area contributed by atoms with Gasteiger partial charge in [-0.3, -0.25) is 4.79 Å². The molecule has 0 aromatic heterocycles. The predicted octanol–water partition coefficient (Wildman–Crippen LogP) is 4.63. The standard InChI is InChI=1S/C22H18O5/c1-12-17-7-14(10-23)18-9-15(24-2)4-5-16(18)22(17)27-21(12)13-3-6-19-20(8-13)26-11-25-19/h3-10,12,21H,11H2,1-2H3/t12-,21-/m0/s1. The molecule has 5 nitrogen and oxygen atoms in total. The molecule has 0 radical (unpaired) electrons. The van der Waals surface area contributed by atoms with Gasteiger partial charge in [-0.1, -0.05) is 13.0 Å². The lowest BCUT2D eigenvalue weighted by molar-refractivity contribution is 0.112. The molecule has 2 aliphatic rings. The van der Waals surface area contributed by atoms with Crippen LogP contribution < -0.4 is 18.9 Å². The molecule has 27 heavy (non-hydrogen) atoms. The number of methoxy groups -OCH3 is 1. The van der Waals surface area contributed by atoms with Gasteiger partial charge in [-0.2, -0.15) is 0 Å². The summed E-state index contributed by atoms with van der Waals surface area (Å²) in [6, 6.07) is 13.5. The van der Waals surface area contributed by atoms with Gasteiger partial charge in [0.1, 0.15) is 17.6 Å². The average Bonchev–Trinajstić information content (AvgIpc) is 3.30. The highest BCUT2D eigenvalue weighted by Crippen LogP contribution is 2.51. The molecular formula is C22H18O5. The Bertz CT molecular complexity index is 1070. The van der Waals surface area contributed by atoms with E-state index >= 15 is 0 Å². The van der Waals surface area contributed by atoms with Gasteiger partial charge in [-0.05, 0) is 47.3 Å². The minimum absolute atomic E-state index is 0.102. The Kier molecular flexibility index (Phi) is 3.50. The first kappa shape index (κ1) is 16.0. The summed E-state index contributed by atoms with van der Waals surface area (Å²) in [6.07, 6.45) is 0.740. The van der Waals surface area contributed by atoms with Gasteiger partial charge < -0.3 is 18.9 Å². The fraction of sp³-hybridized carbons (Fsp3) is 0.227. The number of rotatable bonds is 3. The van der Waals surface area contributed by atoms with Crippen molar-refractivity contribution < 1.29 is 23.7 Å². The summed E-state index contributed by atoms with van der Waals surface area (Å²) in [7, 11) is 1.61. The second-order valence-corrected chi connectivity index (χ2v) is 6.85. The Labute approximate surface area is 156 Å². The quantitative estimate of drug-likeness (QED) is 0.636. The molecule has 0 aliphatic carbocycles. The highest BCUT2D eigenvalue weighted by Gasteiger charge is 2.35. The van der Waals surface area contributed by atoms with Gasteiger partial charge >= 0.3 is 0 Å². The Morgan fingerprint density at radius 3 is 2.70 bits per heavy atom. The van der Waals surface area contributed by atoms with Crippen molar-refractivity contribution in [1.82, 2.24) is 0 Å². The van der Waals surface area contributed by atoms with Crippen molar-refractivity contribution in [2.75, 3.05) is 13.9 Å². The maximum absolute atomic E-state index is 11.7. The molecule has 0 fully saturated rings. The predicted molar refractivity (Wildman–Crippen MR) is 100 cm³/mol. The van der Waals surface area contributed by atoms with Crippen LogP contribution >= 0.6 is 0 Å². The summed E-state index contributed by atoms with van der Waals surface area (Å²) in [6.45, 7) is 2.36. The van der Waals surface area contributed by atoms with E-state index in [1.165, 1.54) is 0 Å². The third-order valence-electron chi connectivity index (χ3n) is 5.40. The van der Waals surface area contributed by atoms with E-state index in [0.29, 0.717) is 11.3 Å². The first-order valence-electron chi connectivity index (χ1n) is 8.85. The summed E-state index contributed by atoms with van der Waals surface area (Å²) in [5.41, 5.74) is 2.71. The number of hydrogen-bond donors (Lipinski definition) is 0. The molecule has 136 valence electrons. The largest absolute Gasteiger partial charge is 0.497 e. The minimum atomic E-state index is -0.151. The number of carbonyl (C=O) groups excluding carboxylic acids is 1. The van der Waals surface area contributed by atoms with Gasteiger partial charge in [0.15, 0.2) is 17.8 Å². The van der Waals surface area contributed by atoms with Crippen LogP contribution in [0.5, 0.6) is 23.0 Å². The number of benzene rings is 3. The van der Waals surface area contributed by atoms with Crippen LogP contribution in [0.3, 0.4) is 0 Å². The van der Waals surface area contributed by atoms with Crippen molar-refractivity contribution in [3.05, 3.63) is 59.2 Å². The van der Waals surface area contributed by atoms with Crippen LogP contribution in [0.25, 0.3) is 10.8 Å². The Balaban J connectivity index is 1.63. The van der Waals surface area contributed by atoms with Gasteiger partial charge in [0.2, 0.25) is 6.79 Å². The topological polar surface area (TPSA) is 54.0 Å². The number of hydrogen-bond acceptors (Lipinski definition) is 5. The van der Waals surface area contributed by atoms with Crippen LogP contribution in [0.2, 0.25) is 0 Å². The molecule has 5 rings (SSSR count). The molecule has 0 spiro atoms. The fourth-order valence-corrected chi connectivity index (χ4v) is 3.96. The van der Waals surface area contributed by atoms with E-state index in [4.69, 9.17) is 18.9 Å². The molecule has 0 N–H and O–H groups in total. The fourth-order valence-electron chi connectivity index (χ4n) is 3.96. The molecule has 0 amide bonds. The molecular weight excluding hydrogens is 344 g/mol. The van der Waals surface area contributed by atoms with Crippen LogP contribution in [-0.2, 0) is 0 Å². The highest BCUT2D eigenvalue weighted by molar-refractivity contribution is 6.03. The minimum Gasteiger partial charge on any atom is -0.497 e. The first-order valence-corrected chi connectivity index (χ1v) is 8.85. The van der Waals surface area contributed by atoms with Gasteiger partial charge in [-0.25, -0.2) is 0 Å². The molecule has 2 atom stereocenters. The van der Waals surface area contributed by atoms with Crippen LogP contribution in [-0.4, -0.2) is 20.2 Å². The molecule has 2 heterocycles. The first-order chi connectivity index (χ1) is 13.2. The summed E-state index contributed by atoms with van der Waals surface area (Å²) in [4.78, 5) is 11.7. The monoisotopic (exact) mass is 362 g/mol. The zero-order valence-electron chi connectivity index (χ0n) is 15.0. The maximum atomic E-state index is 11.7. The Morgan fingerprint density at radius 2 is 1.89 bits per heavy atom. The normalized spacial score (nSPS) is 19.6. The number of ether oxygens (including phenoxy) is 4. The lowest BCUT2D eigenvalue weighted by atomic mass is 9.90. The van der Waals surface area contributed by atoms with Crippen molar-refractivity contribution in [2.45, 2.75) is 18.9 Å². The summed E-state index contributed by atoms with van der Waals surface area (Å²) in [5, 5.41) is 1.76. The van der Waals surface area contributed by atoms with Gasteiger partial charge in [0.05, 0.1) is 7.11 Å². The van der Waals surface area contributed by atoms with E-state index in [-0.39, 0.29) is 18.8 Å². The molecule has 3 aromatic rings. The van der Waals surface area contributed by atoms with Crippen molar-refractivity contribution in [3.8, 4) is 23.0 Å². The van der Waals surface area contributed by atoms with Crippen LogP contribution in [0, 0.1) is 0 Å². The van der Waals surface area contributed by atoms with E-state index in [2.05, 4.69) is 6.92 Å². The third kappa shape index (κ3) is 2.35. The van der Waals surface area contributed by atoms with Crippen LogP contribution in [0.15, 0.2) is 42.5 Å². The van der Waals surface area contributed by atoms with E-state index in [1.54, 1.807) is 7.11 Å². The van der Waals surface area contributed by atoms with Crippen molar-refractivity contribution >= 4 is 17.1 Å². The van der Waals surface area contributed by atoms with E-state index in [9.17, 15) is 4.79 Å². The average molecular weight is 362 g/mol. The molecule has 0 saturated carbocycles. The van der Waals surface area contributed by atoms with Gasteiger partial charge in [0.25, 0.3) is 0 Å². The van der Waals surface area contributed by atoms with Crippen LogP contribution in [0.4, 0.5) is 0 Å². The highest BCUT2D eigenvalue weighted by atomic mass is 16.7. The molecule has 5 heteroatoms. The van der Waals surface area contributed by atoms with Gasteiger partial charge in [-0.15, -0.1) is 0 Å². The second-order valence-electron chi connectivity index (χ2n) is 6.85. The molecule has 0 unspecified atom stereocenters. The third-order valence-corrected chi connectivity index (χ3v) is 5.40. The molecule has 2 aliphatic heterocycles. The number of aldehydes is 1. The Hall–Kier alpha value is -3.21. The van der Waals surface area contributed by atoms with E-state index in [0.717, 1.165) is 45.4 Å².